The van der Waals surface area contributed by atoms with Crippen molar-refractivity contribution in [1.82, 2.24) is 4.98 Å². The molecule has 0 fully saturated rings. The molecule has 6 nitrogen and oxygen atoms in total. The van der Waals surface area contributed by atoms with Crippen LogP contribution in [0.1, 0.15) is 21.5 Å². The Morgan fingerprint density at radius 2 is 1.57 bits per heavy atom. The maximum Gasteiger partial charge on any atom is 0.416 e. The van der Waals surface area contributed by atoms with Crippen LogP contribution in [0.4, 0.5) is 18.9 Å². The molecule has 10 heteroatoms. The number of alkyl halides is 3. The molecule has 4 aromatic carbocycles. The molecule has 5 aromatic rings. The molecule has 0 unspecified atom stereocenters. The fourth-order valence-electron chi connectivity index (χ4n) is 4.15. The van der Waals surface area contributed by atoms with E-state index < -0.39 is 30.2 Å². The standard InChI is InChI=1S/C32H22ClF3N2O4/c33-26-15-12-22(32(34,35)36)16-29(26)38-30(39)19-42-31(40)25-17-28(37-27-9-5-4-8-24(25)27)21-10-13-23(14-11-21)41-18-20-6-2-1-3-7-20/h1-17H,18-19H2,(H,38,39). The smallest absolute Gasteiger partial charge is 0.416 e. The number of aromatic nitrogens is 1. The van der Waals surface area contributed by atoms with Gasteiger partial charge in [-0.2, -0.15) is 13.2 Å². The van der Waals surface area contributed by atoms with Gasteiger partial charge in [0.05, 0.1) is 33.0 Å². The van der Waals surface area contributed by atoms with Gasteiger partial charge in [-0.05, 0) is 60.2 Å². The molecule has 0 saturated heterocycles. The Labute approximate surface area is 243 Å². The Morgan fingerprint density at radius 3 is 2.31 bits per heavy atom. The van der Waals surface area contributed by atoms with Gasteiger partial charge in [-0.15, -0.1) is 0 Å². The molecule has 42 heavy (non-hydrogen) atoms. The van der Waals surface area contributed by atoms with Gasteiger partial charge in [0.2, 0.25) is 0 Å². The average Bonchev–Trinajstić information content (AvgIpc) is 2.99. The molecular formula is C32H22ClF3N2O4. The van der Waals surface area contributed by atoms with Crippen LogP contribution in [-0.4, -0.2) is 23.5 Å². The first-order chi connectivity index (χ1) is 20.2. The van der Waals surface area contributed by atoms with E-state index in [0.29, 0.717) is 35.0 Å². The quantitative estimate of drug-likeness (QED) is 0.186. The number of amides is 1. The summed E-state index contributed by atoms with van der Waals surface area (Å²) >= 11 is 5.94. The van der Waals surface area contributed by atoms with Crippen molar-refractivity contribution in [2.24, 2.45) is 0 Å². The van der Waals surface area contributed by atoms with Gasteiger partial charge in [0.25, 0.3) is 5.91 Å². The van der Waals surface area contributed by atoms with Crippen LogP contribution in [0, 0.1) is 0 Å². The van der Waals surface area contributed by atoms with Crippen molar-refractivity contribution in [3.05, 3.63) is 125 Å². The van der Waals surface area contributed by atoms with Crippen LogP contribution >= 0.6 is 11.6 Å². The van der Waals surface area contributed by atoms with E-state index in [0.717, 1.165) is 23.3 Å². The number of benzene rings is 4. The minimum Gasteiger partial charge on any atom is -0.489 e. The summed E-state index contributed by atoms with van der Waals surface area (Å²) in [4.78, 5) is 30.2. The third-order valence-electron chi connectivity index (χ3n) is 6.24. The predicted molar refractivity (Wildman–Crippen MR) is 153 cm³/mol. The maximum absolute atomic E-state index is 13.1. The van der Waals surface area contributed by atoms with Gasteiger partial charge in [-0.1, -0.05) is 60.1 Å². The van der Waals surface area contributed by atoms with Gasteiger partial charge in [-0.25, -0.2) is 9.78 Å². The number of carbonyl (C=O) groups is 2. The van der Waals surface area contributed by atoms with E-state index in [4.69, 9.17) is 21.1 Å². The number of carbonyl (C=O) groups excluding carboxylic acids is 2. The number of nitrogens with zero attached hydrogens (tertiary/aromatic N) is 1. The van der Waals surface area contributed by atoms with E-state index in [1.54, 1.807) is 42.5 Å². The third-order valence-corrected chi connectivity index (χ3v) is 6.57. The first kappa shape index (κ1) is 28.6. The fourth-order valence-corrected chi connectivity index (χ4v) is 4.31. The van der Waals surface area contributed by atoms with Crippen molar-refractivity contribution in [2.45, 2.75) is 12.8 Å². The van der Waals surface area contributed by atoms with Crippen molar-refractivity contribution in [3.8, 4) is 17.0 Å². The van der Waals surface area contributed by atoms with Gasteiger partial charge in [0.1, 0.15) is 12.4 Å². The Morgan fingerprint density at radius 1 is 0.857 bits per heavy atom. The number of anilines is 1. The molecule has 1 N–H and O–H groups in total. The molecule has 0 saturated carbocycles. The van der Waals surface area contributed by atoms with Crippen molar-refractivity contribution in [1.29, 1.82) is 0 Å². The lowest BCUT2D eigenvalue weighted by Gasteiger charge is -2.13. The number of rotatable bonds is 8. The second kappa shape index (κ2) is 12.3. The number of hydrogen-bond acceptors (Lipinski definition) is 5. The molecule has 0 aliphatic rings. The molecule has 1 aromatic heterocycles. The number of ether oxygens (including phenoxy) is 2. The minimum atomic E-state index is -4.62. The highest BCUT2D eigenvalue weighted by Gasteiger charge is 2.31. The summed E-state index contributed by atoms with van der Waals surface area (Å²) in [5, 5.41) is 2.67. The Hall–Kier alpha value is -4.89. The van der Waals surface area contributed by atoms with E-state index in [-0.39, 0.29) is 16.3 Å². The van der Waals surface area contributed by atoms with Gasteiger partial charge in [-0.3, -0.25) is 4.79 Å². The maximum atomic E-state index is 13.1. The van der Waals surface area contributed by atoms with Crippen LogP contribution in [0.3, 0.4) is 0 Å². The molecule has 1 heterocycles. The number of esters is 1. The average molecular weight is 591 g/mol. The number of para-hydroxylation sites is 1. The second-order valence-corrected chi connectivity index (χ2v) is 9.59. The number of fused-ring (bicyclic) bond motifs is 1. The topological polar surface area (TPSA) is 77.5 Å². The lowest BCUT2D eigenvalue weighted by molar-refractivity contribution is -0.137. The molecule has 1 amide bonds. The van der Waals surface area contributed by atoms with Gasteiger partial charge < -0.3 is 14.8 Å². The van der Waals surface area contributed by atoms with Crippen LogP contribution in [0.2, 0.25) is 5.02 Å². The number of nitrogens with one attached hydrogen (secondary N) is 1. The highest BCUT2D eigenvalue weighted by atomic mass is 35.5. The molecule has 0 spiro atoms. The molecular weight excluding hydrogens is 569 g/mol. The Balaban J connectivity index is 1.30. The van der Waals surface area contributed by atoms with E-state index >= 15 is 0 Å². The highest BCUT2D eigenvalue weighted by Crippen LogP contribution is 2.34. The van der Waals surface area contributed by atoms with Gasteiger partial charge in [0.15, 0.2) is 6.61 Å². The summed E-state index contributed by atoms with van der Waals surface area (Å²) in [5.74, 6) is -0.993. The molecule has 0 aliphatic carbocycles. The van der Waals surface area contributed by atoms with Crippen LogP contribution in [0.15, 0.2) is 103 Å². The monoisotopic (exact) mass is 590 g/mol. The predicted octanol–water partition coefficient (Wildman–Crippen LogP) is 7.95. The van der Waals surface area contributed by atoms with E-state index in [1.807, 2.05) is 42.5 Å². The zero-order valence-corrected chi connectivity index (χ0v) is 22.6. The molecule has 0 atom stereocenters. The summed E-state index contributed by atoms with van der Waals surface area (Å²) in [7, 11) is 0. The van der Waals surface area contributed by atoms with Crippen LogP contribution in [0.5, 0.6) is 5.75 Å². The van der Waals surface area contributed by atoms with E-state index in [9.17, 15) is 22.8 Å². The van der Waals surface area contributed by atoms with E-state index in [2.05, 4.69) is 10.3 Å². The summed E-state index contributed by atoms with van der Waals surface area (Å²) in [6.45, 7) is -0.331. The molecule has 212 valence electrons. The van der Waals surface area contributed by atoms with Crippen LogP contribution in [0.25, 0.3) is 22.2 Å². The fraction of sp³-hybridized carbons (Fsp3) is 0.0938. The zero-order chi connectivity index (χ0) is 29.7. The largest absolute Gasteiger partial charge is 0.489 e. The van der Waals surface area contributed by atoms with Crippen LogP contribution < -0.4 is 10.1 Å². The SMILES string of the molecule is O=C(COC(=O)c1cc(-c2ccc(OCc3ccccc3)cc2)nc2ccccc12)Nc1cc(C(F)(F)F)ccc1Cl. The van der Waals surface area contributed by atoms with Crippen molar-refractivity contribution in [3.63, 3.8) is 0 Å². The van der Waals surface area contributed by atoms with Gasteiger partial charge in [0, 0.05) is 10.9 Å². The number of hydrogen-bond donors (Lipinski definition) is 1. The molecule has 0 radical (unpaired) electrons. The summed E-state index contributed by atoms with van der Waals surface area (Å²) < 4.78 is 50.2. The second-order valence-electron chi connectivity index (χ2n) is 9.19. The molecule has 5 rings (SSSR count). The highest BCUT2D eigenvalue weighted by molar-refractivity contribution is 6.33. The number of pyridine rings is 1. The Kier molecular flexibility index (Phi) is 8.40. The summed E-state index contributed by atoms with van der Waals surface area (Å²) in [6, 6.07) is 28.1. The van der Waals surface area contributed by atoms with Crippen molar-refractivity contribution in [2.75, 3.05) is 11.9 Å². The normalized spacial score (nSPS) is 11.2. The first-order valence-corrected chi connectivity index (χ1v) is 13.1. The van der Waals surface area contributed by atoms with Crippen LogP contribution in [-0.2, 0) is 22.3 Å². The van der Waals surface area contributed by atoms with Gasteiger partial charge >= 0.3 is 12.1 Å². The Bertz CT molecular complexity index is 1740. The summed E-state index contributed by atoms with van der Waals surface area (Å²) in [5.41, 5.74) is 1.73. The first-order valence-electron chi connectivity index (χ1n) is 12.7. The summed E-state index contributed by atoms with van der Waals surface area (Å²) in [6.07, 6.45) is -4.62. The van der Waals surface area contributed by atoms with Crippen molar-refractivity contribution >= 4 is 40.1 Å². The zero-order valence-electron chi connectivity index (χ0n) is 21.8. The molecule has 0 bridgehead atoms. The number of halogens is 4. The van der Waals surface area contributed by atoms with E-state index in [1.165, 1.54) is 0 Å². The lowest BCUT2D eigenvalue weighted by Crippen LogP contribution is -2.21. The van der Waals surface area contributed by atoms with Crippen molar-refractivity contribution < 1.29 is 32.2 Å². The lowest BCUT2D eigenvalue weighted by atomic mass is 10.0. The third kappa shape index (κ3) is 6.87. The molecule has 0 aliphatic heterocycles. The minimum absolute atomic E-state index is 0.0936.